The number of rotatable bonds is 4. The first kappa shape index (κ1) is 20.5. The highest BCUT2D eigenvalue weighted by Gasteiger charge is 2.33. The zero-order valence-corrected chi connectivity index (χ0v) is 17.7. The SMILES string of the molecule is CC(C)C1=C(C(C)C)C(C(C)C)=C(C(C)(C)C)CN(C(C)C)C1. The summed E-state index contributed by atoms with van der Waals surface area (Å²) in [6, 6.07) is 0.584. The molecular formula is C22H41N. The second-order valence-corrected chi connectivity index (χ2v) is 9.54. The van der Waals surface area contributed by atoms with Crippen molar-refractivity contribution in [2.24, 2.45) is 23.2 Å². The molecule has 0 aromatic heterocycles. The Morgan fingerprint density at radius 1 is 0.696 bits per heavy atom. The minimum atomic E-state index is 0.222. The lowest BCUT2D eigenvalue weighted by Crippen LogP contribution is -2.36. The van der Waals surface area contributed by atoms with E-state index in [4.69, 9.17) is 0 Å². The van der Waals surface area contributed by atoms with E-state index in [0.29, 0.717) is 23.8 Å². The second-order valence-electron chi connectivity index (χ2n) is 9.54. The number of hydrogen-bond donors (Lipinski definition) is 0. The third kappa shape index (κ3) is 4.72. The second kappa shape index (κ2) is 7.55. The molecule has 1 aliphatic rings. The third-order valence-corrected chi connectivity index (χ3v) is 5.18. The minimum Gasteiger partial charge on any atom is -0.293 e. The molecule has 0 radical (unpaired) electrons. The summed E-state index contributed by atoms with van der Waals surface area (Å²) in [5.74, 6) is 1.79. The monoisotopic (exact) mass is 319 g/mol. The smallest absolute Gasteiger partial charge is 0.0210 e. The number of hydrogen-bond acceptors (Lipinski definition) is 1. The first-order chi connectivity index (χ1) is 10.4. The van der Waals surface area contributed by atoms with Crippen LogP contribution in [0.2, 0.25) is 0 Å². The molecule has 0 spiro atoms. The van der Waals surface area contributed by atoms with Gasteiger partial charge in [0, 0.05) is 19.1 Å². The molecule has 0 atom stereocenters. The van der Waals surface area contributed by atoms with Crippen LogP contribution < -0.4 is 0 Å². The predicted molar refractivity (Wildman–Crippen MR) is 105 cm³/mol. The van der Waals surface area contributed by atoms with Gasteiger partial charge in [-0.2, -0.15) is 0 Å². The van der Waals surface area contributed by atoms with E-state index >= 15 is 0 Å². The summed E-state index contributed by atoms with van der Waals surface area (Å²) in [5.41, 5.74) is 6.85. The van der Waals surface area contributed by atoms with E-state index in [2.05, 4.69) is 81.1 Å². The molecule has 0 fully saturated rings. The predicted octanol–water partition coefficient (Wildman–Crippen LogP) is 6.32. The van der Waals surface area contributed by atoms with Crippen molar-refractivity contribution in [3.05, 3.63) is 22.3 Å². The minimum absolute atomic E-state index is 0.222. The maximum Gasteiger partial charge on any atom is 0.0210 e. The van der Waals surface area contributed by atoms with Crippen molar-refractivity contribution in [2.45, 2.75) is 82.2 Å². The van der Waals surface area contributed by atoms with Crippen molar-refractivity contribution >= 4 is 0 Å². The van der Waals surface area contributed by atoms with Crippen LogP contribution in [0.5, 0.6) is 0 Å². The molecule has 0 aromatic carbocycles. The Labute approximate surface area is 146 Å². The molecule has 0 aromatic rings. The summed E-state index contributed by atoms with van der Waals surface area (Å²) in [5, 5.41) is 0. The van der Waals surface area contributed by atoms with Crippen LogP contribution in [0.15, 0.2) is 22.3 Å². The van der Waals surface area contributed by atoms with Gasteiger partial charge in [-0.25, -0.2) is 0 Å². The first-order valence-electron chi connectivity index (χ1n) is 9.58. The maximum atomic E-state index is 2.67. The van der Waals surface area contributed by atoms with Crippen LogP contribution in [-0.2, 0) is 0 Å². The van der Waals surface area contributed by atoms with Gasteiger partial charge in [0.2, 0.25) is 0 Å². The van der Waals surface area contributed by atoms with Gasteiger partial charge in [-0.1, -0.05) is 62.3 Å². The van der Waals surface area contributed by atoms with Gasteiger partial charge in [-0.3, -0.25) is 4.90 Å². The lowest BCUT2D eigenvalue weighted by atomic mass is 9.74. The topological polar surface area (TPSA) is 3.24 Å². The van der Waals surface area contributed by atoms with E-state index in [-0.39, 0.29) is 5.41 Å². The molecule has 1 heterocycles. The molecular weight excluding hydrogens is 278 g/mol. The molecule has 0 amide bonds. The highest BCUT2D eigenvalue weighted by Crippen LogP contribution is 2.42. The molecule has 1 aliphatic heterocycles. The van der Waals surface area contributed by atoms with Gasteiger partial charge in [0.25, 0.3) is 0 Å². The van der Waals surface area contributed by atoms with Gasteiger partial charge in [-0.05, 0) is 59.3 Å². The Kier molecular flexibility index (Phi) is 6.73. The molecule has 0 saturated carbocycles. The quantitative estimate of drug-likeness (QED) is 0.586. The number of nitrogens with zero attached hydrogens (tertiary/aromatic N) is 1. The third-order valence-electron chi connectivity index (χ3n) is 5.18. The molecule has 0 unspecified atom stereocenters. The molecule has 1 nitrogen and oxygen atoms in total. The summed E-state index contributed by atoms with van der Waals surface area (Å²) in [6.45, 7) is 28.4. The van der Waals surface area contributed by atoms with Gasteiger partial charge in [-0.15, -0.1) is 0 Å². The summed E-state index contributed by atoms with van der Waals surface area (Å²) in [6.07, 6.45) is 0. The maximum absolute atomic E-state index is 2.67. The molecule has 0 N–H and O–H groups in total. The van der Waals surface area contributed by atoms with E-state index in [1.807, 2.05) is 0 Å². The van der Waals surface area contributed by atoms with Crippen molar-refractivity contribution in [3.8, 4) is 0 Å². The average Bonchev–Trinajstić information content (AvgIpc) is 2.54. The molecule has 0 aliphatic carbocycles. The normalized spacial score (nSPS) is 18.9. The molecule has 0 saturated heterocycles. The van der Waals surface area contributed by atoms with Crippen LogP contribution >= 0.6 is 0 Å². The standard InChI is InChI=1S/C22H41N/c1-14(2)18-12-23(17(7)8)13-19(22(9,10)11)21(16(5)6)20(18)15(3)4/h14-17H,12-13H2,1-11H3. The zero-order valence-electron chi connectivity index (χ0n) is 17.7. The summed E-state index contributed by atoms with van der Waals surface area (Å²) < 4.78 is 0. The van der Waals surface area contributed by atoms with Crippen LogP contribution in [0, 0.1) is 23.2 Å². The Bertz CT molecular complexity index is 467. The molecule has 1 rings (SSSR count). The van der Waals surface area contributed by atoms with Crippen molar-refractivity contribution in [1.82, 2.24) is 4.90 Å². The molecule has 23 heavy (non-hydrogen) atoms. The van der Waals surface area contributed by atoms with E-state index in [1.54, 1.807) is 22.3 Å². The summed E-state index contributed by atoms with van der Waals surface area (Å²) in [7, 11) is 0. The van der Waals surface area contributed by atoms with Gasteiger partial charge >= 0.3 is 0 Å². The van der Waals surface area contributed by atoms with Crippen LogP contribution in [0.4, 0.5) is 0 Å². The van der Waals surface area contributed by atoms with Crippen molar-refractivity contribution in [1.29, 1.82) is 0 Å². The van der Waals surface area contributed by atoms with Gasteiger partial charge in [0.1, 0.15) is 0 Å². The van der Waals surface area contributed by atoms with E-state index in [1.165, 1.54) is 0 Å². The molecule has 134 valence electrons. The highest BCUT2D eigenvalue weighted by molar-refractivity contribution is 5.46. The highest BCUT2D eigenvalue weighted by atomic mass is 15.1. The average molecular weight is 320 g/mol. The van der Waals surface area contributed by atoms with Gasteiger partial charge < -0.3 is 0 Å². The fourth-order valence-electron chi connectivity index (χ4n) is 3.82. The van der Waals surface area contributed by atoms with Crippen molar-refractivity contribution in [2.75, 3.05) is 13.1 Å². The van der Waals surface area contributed by atoms with E-state index in [0.717, 1.165) is 13.1 Å². The zero-order chi connectivity index (χ0) is 18.1. The van der Waals surface area contributed by atoms with Gasteiger partial charge in [0.05, 0.1) is 0 Å². The Morgan fingerprint density at radius 2 is 1.17 bits per heavy atom. The Hall–Kier alpha value is -0.560. The number of allylic oxidation sites excluding steroid dienone is 2. The Balaban J connectivity index is 3.76. The fourth-order valence-corrected chi connectivity index (χ4v) is 3.82. The lowest BCUT2D eigenvalue weighted by Gasteiger charge is -2.33. The lowest BCUT2D eigenvalue weighted by molar-refractivity contribution is 0.241. The van der Waals surface area contributed by atoms with E-state index < -0.39 is 0 Å². The fraction of sp³-hybridized carbons (Fsp3) is 0.818. The molecule has 0 bridgehead atoms. The van der Waals surface area contributed by atoms with Crippen LogP contribution in [-0.4, -0.2) is 24.0 Å². The molecule has 1 heteroatoms. The first-order valence-corrected chi connectivity index (χ1v) is 9.58. The van der Waals surface area contributed by atoms with E-state index in [9.17, 15) is 0 Å². The Morgan fingerprint density at radius 3 is 1.48 bits per heavy atom. The van der Waals surface area contributed by atoms with Crippen LogP contribution in [0.25, 0.3) is 0 Å². The van der Waals surface area contributed by atoms with Crippen molar-refractivity contribution < 1.29 is 0 Å². The van der Waals surface area contributed by atoms with Crippen LogP contribution in [0.1, 0.15) is 76.2 Å². The largest absolute Gasteiger partial charge is 0.293 e. The summed E-state index contributed by atoms with van der Waals surface area (Å²) in [4.78, 5) is 2.67. The van der Waals surface area contributed by atoms with Gasteiger partial charge in [0.15, 0.2) is 0 Å². The summed E-state index contributed by atoms with van der Waals surface area (Å²) >= 11 is 0. The van der Waals surface area contributed by atoms with Crippen molar-refractivity contribution in [3.63, 3.8) is 0 Å². The van der Waals surface area contributed by atoms with Crippen LogP contribution in [0.3, 0.4) is 0 Å².